The summed E-state index contributed by atoms with van der Waals surface area (Å²) in [6.07, 6.45) is 0.600. The molecule has 1 aromatic heterocycles. The van der Waals surface area contributed by atoms with Crippen LogP contribution in [0.4, 0.5) is 5.82 Å². The van der Waals surface area contributed by atoms with Crippen molar-refractivity contribution in [2.45, 2.75) is 12.5 Å². The van der Waals surface area contributed by atoms with E-state index in [-0.39, 0.29) is 6.10 Å². The van der Waals surface area contributed by atoms with Crippen molar-refractivity contribution in [3.8, 4) is 0 Å². The van der Waals surface area contributed by atoms with E-state index in [1.807, 2.05) is 17.0 Å². The Morgan fingerprint density at radius 3 is 2.85 bits per heavy atom. The first kappa shape index (κ1) is 8.90. The fraction of sp³-hybridized carbons (Fsp3) is 0.500. The molecule has 2 rings (SSSR count). The smallest absolute Gasteiger partial charge is 0.151 e. The van der Waals surface area contributed by atoms with Crippen molar-refractivity contribution >= 4 is 21.7 Å². The zero-order chi connectivity index (χ0) is 9.26. The van der Waals surface area contributed by atoms with Crippen LogP contribution in [0.2, 0.25) is 0 Å². The number of aliphatic hydroxyl groups excluding tert-OH is 1. The van der Waals surface area contributed by atoms with E-state index >= 15 is 0 Å². The highest BCUT2D eigenvalue weighted by molar-refractivity contribution is 9.10. The highest BCUT2D eigenvalue weighted by Crippen LogP contribution is 2.17. The van der Waals surface area contributed by atoms with Gasteiger partial charge in [0.05, 0.1) is 6.10 Å². The van der Waals surface area contributed by atoms with Crippen LogP contribution < -0.4 is 4.90 Å². The maximum absolute atomic E-state index is 9.32. The van der Waals surface area contributed by atoms with Gasteiger partial charge in [-0.15, -0.1) is 10.2 Å². The topological polar surface area (TPSA) is 49.2 Å². The Balaban J connectivity index is 2.13. The number of nitrogens with zero attached hydrogens (tertiary/aromatic N) is 3. The second-order valence-corrected chi connectivity index (χ2v) is 3.92. The molecule has 1 aliphatic rings. The molecule has 13 heavy (non-hydrogen) atoms. The van der Waals surface area contributed by atoms with Crippen molar-refractivity contribution in [1.29, 1.82) is 0 Å². The van der Waals surface area contributed by atoms with E-state index in [4.69, 9.17) is 0 Å². The van der Waals surface area contributed by atoms with Gasteiger partial charge in [-0.3, -0.25) is 0 Å². The van der Waals surface area contributed by atoms with Gasteiger partial charge in [-0.25, -0.2) is 0 Å². The SMILES string of the molecule is O[C@@H]1CCN(c2ccc(Br)nn2)C1. The number of rotatable bonds is 1. The van der Waals surface area contributed by atoms with Crippen molar-refractivity contribution in [1.82, 2.24) is 10.2 Å². The summed E-state index contributed by atoms with van der Waals surface area (Å²) in [5.41, 5.74) is 0. The van der Waals surface area contributed by atoms with Gasteiger partial charge in [0, 0.05) is 13.1 Å². The second kappa shape index (κ2) is 3.59. The minimum absolute atomic E-state index is 0.217. The molecule has 0 saturated carbocycles. The van der Waals surface area contributed by atoms with Gasteiger partial charge in [0.1, 0.15) is 4.60 Å². The molecule has 1 fully saturated rings. The predicted molar refractivity (Wildman–Crippen MR) is 52.6 cm³/mol. The zero-order valence-electron chi connectivity index (χ0n) is 7.02. The lowest BCUT2D eigenvalue weighted by atomic mass is 10.3. The van der Waals surface area contributed by atoms with Crippen LogP contribution in [0.15, 0.2) is 16.7 Å². The Hall–Kier alpha value is -0.680. The van der Waals surface area contributed by atoms with Gasteiger partial charge in [-0.2, -0.15) is 0 Å². The van der Waals surface area contributed by atoms with Crippen molar-refractivity contribution in [2.75, 3.05) is 18.0 Å². The van der Waals surface area contributed by atoms with Crippen LogP contribution in [0.1, 0.15) is 6.42 Å². The summed E-state index contributed by atoms with van der Waals surface area (Å²) in [6, 6.07) is 3.75. The Morgan fingerprint density at radius 2 is 2.31 bits per heavy atom. The molecule has 2 heterocycles. The lowest BCUT2D eigenvalue weighted by Gasteiger charge is -2.14. The van der Waals surface area contributed by atoms with Crippen LogP contribution in [-0.2, 0) is 0 Å². The van der Waals surface area contributed by atoms with E-state index in [2.05, 4.69) is 26.1 Å². The van der Waals surface area contributed by atoms with E-state index in [0.717, 1.165) is 23.4 Å². The number of aliphatic hydroxyl groups is 1. The van der Waals surface area contributed by atoms with Crippen LogP contribution in [0.25, 0.3) is 0 Å². The summed E-state index contributed by atoms with van der Waals surface area (Å²) >= 11 is 3.22. The first-order chi connectivity index (χ1) is 6.25. The van der Waals surface area contributed by atoms with E-state index < -0.39 is 0 Å². The van der Waals surface area contributed by atoms with Crippen molar-refractivity contribution < 1.29 is 5.11 Å². The minimum atomic E-state index is -0.217. The quantitative estimate of drug-likeness (QED) is 0.794. The lowest BCUT2D eigenvalue weighted by Crippen LogP contribution is -2.22. The Labute approximate surface area is 84.7 Å². The molecule has 0 aliphatic carbocycles. The van der Waals surface area contributed by atoms with E-state index in [9.17, 15) is 5.11 Å². The highest BCUT2D eigenvalue weighted by Gasteiger charge is 2.21. The predicted octanol–water partition coefficient (Wildman–Crippen LogP) is 0.810. The minimum Gasteiger partial charge on any atom is -0.391 e. The van der Waals surface area contributed by atoms with Gasteiger partial charge in [0.25, 0.3) is 0 Å². The summed E-state index contributed by atoms with van der Waals surface area (Å²) in [7, 11) is 0. The molecule has 0 unspecified atom stereocenters. The molecule has 5 heteroatoms. The van der Waals surface area contributed by atoms with Crippen LogP contribution in [-0.4, -0.2) is 34.5 Å². The second-order valence-electron chi connectivity index (χ2n) is 3.10. The van der Waals surface area contributed by atoms with Gasteiger partial charge in [0.2, 0.25) is 0 Å². The molecule has 70 valence electrons. The third-order valence-corrected chi connectivity index (χ3v) is 2.53. The lowest BCUT2D eigenvalue weighted by molar-refractivity contribution is 0.198. The van der Waals surface area contributed by atoms with E-state index in [1.54, 1.807) is 0 Å². The molecule has 0 radical (unpaired) electrons. The fourth-order valence-electron chi connectivity index (χ4n) is 1.43. The third-order valence-electron chi connectivity index (χ3n) is 2.11. The molecular formula is C8H10BrN3O. The maximum atomic E-state index is 9.32. The van der Waals surface area contributed by atoms with E-state index in [1.165, 1.54) is 0 Å². The summed E-state index contributed by atoms with van der Waals surface area (Å²) < 4.78 is 0.732. The Bertz CT molecular complexity index is 290. The average molecular weight is 244 g/mol. The first-order valence-electron chi connectivity index (χ1n) is 4.18. The van der Waals surface area contributed by atoms with Crippen LogP contribution in [0.5, 0.6) is 0 Å². The van der Waals surface area contributed by atoms with Gasteiger partial charge >= 0.3 is 0 Å². The summed E-state index contributed by atoms with van der Waals surface area (Å²) in [6.45, 7) is 1.52. The molecule has 4 nitrogen and oxygen atoms in total. The molecule has 0 aromatic carbocycles. The standard InChI is InChI=1S/C8H10BrN3O/c9-7-1-2-8(11-10-7)12-4-3-6(13)5-12/h1-2,6,13H,3-5H2/t6-/m1/s1. The molecule has 1 saturated heterocycles. The number of anilines is 1. The number of aromatic nitrogens is 2. The van der Waals surface area contributed by atoms with Gasteiger partial charge in [0.15, 0.2) is 5.82 Å². The van der Waals surface area contributed by atoms with Gasteiger partial charge in [-0.1, -0.05) is 0 Å². The largest absolute Gasteiger partial charge is 0.391 e. The van der Waals surface area contributed by atoms with E-state index in [0.29, 0.717) is 6.54 Å². The third kappa shape index (κ3) is 1.97. The average Bonchev–Trinajstić information content (AvgIpc) is 2.53. The Kier molecular flexibility index (Phi) is 2.46. The molecule has 1 aromatic rings. The molecular weight excluding hydrogens is 234 g/mol. The number of halogens is 1. The van der Waals surface area contributed by atoms with Gasteiger partial charge in [-0.05, 0) is 34.5 Å². The number of β-amino-alcohol motifs (C(OH)–C–C–N with tert-alkyl or cyclic N) is 1. The number of hydrogen-bond donors (Lipinski definition) is 1. The van der Waals surface area contributed by atoms with Crippen molar-refractivity contribution in [2.24, 2.45) is 0 Å². The molecule has 0 bridgehead atoms. The molecule has 1 N–H and O–H groups in total. The van der Waals surface area contributed by atoms with Crippen LogP contribution in [0.3, 0.4) is 0 Å². The molecule has 1 atom stereocenters. The normalized spacial score (nSPS) is 22.3. The summed E-state index contributed by atoms with van der Waals surface area (Å²) in [4.78, 5) is 2.03. The monoisotopic (exact) mass is 243 g/mol. The maximum Gasteiger partial charge on any atom is 0.151 e. The molecule has 0 amide bonds. The summed E-state index contributed by atoms with van der Waals surface area (Å²) in [5, 5.41) is 17.2. The molecule has 0 spiro atoms. The molecule has 1 aliphatic heterocycles. The Morgan fingerprint density at radius 1 is 1.46 bits per heavy atom. The van der Waals surface area contributed by atoms with Crippen molar-refractivity contribution in [3.05, 3.63) is 16.7 Å². The fourth-order valence-corrected chi connectivity index (χ4v) is 1.64. The van der Waals surface area contributed by atoms with Crippen LogP contribution in [0, 0.1) is 0 Å². The van der Waals surface area contributed by atoms with Gasteiger partial charge < -0.3 is 10.0 Å². The highest BCUT2D eigenvalue weighted by atomic mass is 79.9. The van der Waals surface area contributed by atoms with Crippen molar-refractivity contribution in [3.63, 3.8) is 0 Å². The summed E-state index contributed by atoms with van der Waals surface area (Å²) in [5.74, 6) is 0.833. The first-order valence-corrected chi connectivity index (χ1v) is 4.97. The zero-order valence-corrected chi connectivity index (χ0v) is 8.61. The number of hydrogen-bond acceptors (Lipinski definition) is 4. The van der Waals surface area contributed by atoms with Crippen LogP contribution >= 0.6 is 15.9 Å².